The number of amides is 2. The average Bonchev–Trinajstić information content (AvgIpc) is 3.29. The van der Waals surface area contributed by atoms with Gasteiger partial charge in [0.15, 0.2) is 0 Å². The quantitative estimate of drug-likeness (QED) is 0.814. The molecule has 2 N–H and O–H groups in total. The van der Waals surface area contributed by atoms with Gasteiger partial charge in [0, 0.05) is 49.9 Å². The molecule has 2 unspecified atom stereocenters. The Balaban J connectivity index is 1.36. The summed E-state index contributed by atoms with van der Waals surface area (Å²) in [7, 11) is 0. The van der Waals surface area contributed by atoms with Crippen LogP contribution in [0.15, 0.2) is 42.7 Å². The summed E-state index contributed by atoms with van der Waals surface area (Å²) in [6.07, 6.45) is 8.15. The van der Waals surface area contributed by atoms with Gasteiger partial charge in [-0.25, -0.2) is 4.79 Å². The Morgan fingerprint density at radius 2 is 1.97 bits per heavy atom. The molecule has 2 amide bonds. The van der Waals surface area contributed by atoms with Crippen LogP contribution in [0.25, 0.3) is 0 Å². The van der Waals surface area contributed by atoms with Crippen molar-refractivity contribution in [2.24, 2.45) is 0 Å². The number of carbonyl (C=O) groups is 1. The van der Waals surface area contributed by atoms with E-state index in [0.29, 0.717) is 0 Å². The monoisotopic (exact) mass is 396 g/mol. The zero-order valence-corrected chi connectivity index (χ0v) is 17.3. The van der Waals surface area contributed by atoms with Gasteiger partial charge in [-0.3, -0.25) is 4.68 Å². The lowest BCUT2D eigenvalue weighted by Crippen LogP contribution is -2.46. The van der Waals surface area contributed by atoms with Crippen LogP contribution in [-0.2, 0) is 0 Å². The van der Waals surface area contributed by atoms with Gasteiger partial charge in [-0.1, -0.05) is 25.8 Å². The van der Waals surface area contributed by atoms with Crippen LogP contribution in [0, 0.1) is 0 Å². The van der Waals surface area contributed by atoms with E-state index in [0.717, 1.165) is 57.7 Å². The van der Waals surface area contributed by atoms with Crippen LogP contribution in [0.4, 0.5) is 16.2 Å². The van der Waals surface area contributed by atoms with Gasteiger partial charge in [0.1, 0.15) is 0 Å². The van der Waals surface area contributed by atoms with E-state index >= 15 is 0 Å². The van der Waals surface area contributed by atoms with Crippen LogP contribution < -0.4 is 15.5 Å². The topological polar surface area (TPSA) is 65.4 Å². The first kappa shape index (κ1) is 19.8. The molecular formula is C22H32N6O. The van der Waals surface area contributed by atoms with Gasteiger partial charge in [0.2, 0.25) is 0 Å². The summed E-state index contributed by atoms with van der Waals surface area (Å²) < 4.78 is 1.99. The van der Waals surface area contributed by atoms with Crippen LogP contribution in [0.1, 0.15) is 38.6 Å². The van der Waals surface area contributed by atoms with Crippen LogP contribution in [0.3, 0.4) is 0 Å². The van der Waals surface area contributed by atoms with Gasteiger partial charge in [0.05, 0.1) is 12.1 Å². The highest BCUT2D eigenvalue weighted by atomic mass is 16.2. The highest BCUT2D eigenvalue weighted by molar-refractivity contribution is 5.90. The molecule has 2 heterocycles. The van der Waals surface area contributed by atoms with E-state index < -0.39 is 0 Å². The number of nitrogens with one attached hydrogen (secondary N) is 2. The number of carbonyl (C=O) groups excluding carboxylic acids is 1. The average molecular weight is 397 g/mol. The number of nitrogens with zero attached hydrogens (tertiary/aromatic N) is 4. The molecule has 2 aromatic rings. The number of hydrogen-bond acceptors (Lipinski definition) is 4. The minimum atomic E-state index is -0.137. The molecule has 0 spiro atoms. The predicted octanol–water partition coefficient (Wildman–Crippen LogP) is 3.33. The lowest BCUT2D eigenvalue weighted by Gasteiger charge is -2.35. The predicted molar refractivity (Wildman–Crippen MR) is 116 cm³/mol. The molecule has 1 aliphatic carbocycles. The highest BCUT2D eigenvalue weighted by Crippen LogP contribution is 2.28. The minimum Gasteiger partial charge on any atom is -0.369 e. The Kier molecular flexibility index (Phi) is 6.34. The van der Waals surface area contributed by atoms with Gasteiger partial charge < -0.3 is 20.4 Å². The van der Waals surface area contributed by atoms with E-state index in [1.807, 2.05) is 29.1 Å². The maximum Gasteiger partial charge on any atom is 0.319 e. The van der Waals surface area contributed by atoms with Crippen molar-refractivity contribution in [1.29, 1.82) is 0 Å². The number of rotatable bonds is 5. The summed E-state index contributed by atoms with van der Waals surface area (Å²) in [5, 5.41) is 10.6. The molecule has 0 bridgehead atoms. The maximum atomic E-state index is 12.7. The summed E-state index contributed by atoms with van der Waals surface area (Å²) in [5.41, 5.74) is 2.01. The molecule has 7 heteroatoms. The van der Waals surface area contributed by atoms with Crippen LogP contribution in [0.5, 0.6) is 0 Å². The fraction of sp³-hybridized carbons (Fsp3) is 0.545. The number of likely N-dealkylation sites (N-methyl/N-ethyl adjacent to an activating group) is 1. The Morgan fingerprint density at radius 3 is 2.72 bits per heavy atom. The van der Waals surface area contributed by atoms with Crippen molar-refractivity contribution < 1.29 is 4.79 Å². The lowest BCUT2D eigenvalue weighted by atomic mass is 9.90. The molecule has 7 nitrogen and oxygen atoms in total. The summed E-state index contributed by atoms with van der Waals surface area (Å²) in [6.45, 7) is 7.54. The number of anilines is 2. The molecule has 2 atom stereocenters. The number of piperazine rings is 1. The summed E-state index contributed by atoms with van der Waals surface area (Å²) >= 11 is 0. The largest absolute Gasteiger partial charge is 0.369 e. The van der Waals surface area contributed by atoms with Crippen LogP contribution >= 0.6 is 0 Å². The van der Waals surface area contributed by atoms with E-state index in [-0.39, 0.29) is 18.1 Å². The molecule has 1 aliphatic heterocycles. The molecule has 29 heavy (non-hydrogen) atoms. The second-order valence-electron chi connectivity index (χ2n) is 8.01. The molecule has 4 rings (SSSR count). The molecule has 1 aromatic heterocycles. The highest BCUT2D eigenvalue weighted by Gasteiger charge is 2.28. The van der Waals surface area contributed by atoms with E-state index in [4.69, 9.17) is 0 Å². The smallest absolute Gasteiger partial charge is 0.319 e. The first-order valence-corrected chi connectivity index (χ1v) is 10.9. The van der Waals surface area contributed by atoms with Crippen molar-refractivity contribution in [2.75, 3.05) is 42.9 Å². The van der Waals surface area contributed by atoms with Crippen molar-refractivity contribution >= 4 is 17.4 Å². The van der Waals surface area contributed by atoms with Crippen molar-refractivity contribution in [3.8, 4) is 0 Å². The molecule has 2 aliphatic rings. The van der Waals surface area contributed by atoms with Crippen molar-refractivity contribution in [3.05, 3.63) is 42.7 Å². The first-order chi connectivity index (χ1) is 14.2. The van der Waals surface area contributed by atoms with Gasteiger partial charge in [-0.15, -0.1) is 0 Å². The number of urea groups is 1. The van der Waals surface area contributed by atoms with Crippen molar-refractivity contribution in [3.63, 3.8) is 0 Å². The van der Waals surface area contributed by atoms with E-state index in [1.165, 1.54) is 12.1 Å². The SMILES string of the molecule is CCN1CCN(c2cccc(NC(=O)NC3CCCCC3n3cccn3)c2)CC1. The molecule has 1 saturated carbocycles. The third-order valence-electron chi connectivity index (χ3n) is 6.20. The molecular weight excluding hydrogens is 364 g/mol. The minimum absolute atomic E-state index is 0.106. The number of hydrogen-bond donors (Lipinski definition) is 2. The summed E-state index contributed by atoms with van der Waals surface area (Å²) in [4.78, 5) is 17.6. The van der Waals surface area contributed by atoms with Crippen LogP contribution in [0.2, 0.25) is 0 Å². The van der Waals surface area contributed by atoms with E-state index in [1.54, 1.807) is 6.20 Å². The number of aromatic nitrogens is 2. The molecule has 156 valence electrons. The van der Waals surface area contributed by atoms with Crippen LogP contribution in [-0.4, -0.2) is 59.5 Å². The summed E-state index contributed by atoms with van der Waals surface area (Å²) in [5.74, 6) is 0. The Labute approximate surface area is 173 Å². The Bertz CT molecular complexity index is 784. The third kappa shape index (κ3) is 4.90. The van der Waals surface area contributed by atoms with Gasteiger partial charge in [-0.2, -0.15) is 5.10 Å². The normalized spacial score (nSPS) is 23.0. The van der Waals surface area contributed by atoms with Crippen molar-refractivity contribution in [1.82, 2.24) is 20.0 Å². The maximum absolute atomic E-state index is 12.7. The van der Waals surface area contributed by atoms with Gasteiger partial charge in [0.25, 0.3) is 0 Å². The molecule has 0 radical (unpaired) electrons. The molecule has 1 aromatic carbocycles. The van der Waals surface area contributed by atoms with Gasteiger partial charge >= 0.3 is 6.03 Å². The van der Waals surface area contributed by atoms with E-state index in [2.05, 4.69) is 44.6 Å². The Hall–Kier alpha value is -2.54. The van der Waals surface area contributed by atoms with Gasteiger partial charge in [-0.05, 0) is 43.7 Å². The lowest BCUT2D eigenvalue weighted by molar-refractivity contribution is 0.223. The number of benzene rings is 1. The first-order valence-electron chi connectivity index (χ1n) is 10.9. The third-order valence-corrected chi connectivity index (χ3v) is 6.20. The second-order valence-corrected chi connectivity index (χ2v) is 8.01. The van der Waals surface area contributed by atoms with Crippen molar-refractivity contribution in [2.45, 2.75) is 44.7 Å². The standard InChI is InChI=1S/C22H32N6O/c1-2-26-13-15-27(16-14-26)19-8-5-7-18(17-19)24-22(29)25-20-9-3-4-10-21(20)28-12-6-11-23-28/h5-8,11-12,17,20-21H,2-4,9-10,13-16H2,1H3,(H2,24,25,29). The Morgan fingerprint density at radius 1 is 1.14 bits per heavy atom. The summed E-state index contributed by atoms with van der Waals surface area (Å²) in [6, 6.07) is 10.3. The van der Waals surface area contributed by atoms with E-state index in [9.17, 15) is 4.79 Å². The molecule has 1 saturated heterocycles. The zero-order valence-electron chi connectivity index (χ0n) is 17.3. The zero-order chi connectivity index (χ0) is 20.1. The molecule has 2 fully saturated rings. The fourth-order valence-corrected chi connectivity index (χ4v) is 4.51. The fourth-order valence-electron chi connectivity index (χ4n) is 4.51. The second kappa shape index (κ2) is 9.31.